The van der Waals surface area contributed by atoms with Gasteiger partial charge in [0.2, 0.25) is 0 Å². The Bertz CT molecular complexity index is 788. The van der Waals surface area contributed by atoms with Crippen molar-refractivity contribution >= 4 is 11.9 Å². The summed E-state index contributed by atoms with van der Waals surface area (Å²) < 4.78 is 0. The molecule has 0 fully saturated rings. The van der Waals surface area contributed by atoms with Gasteiger partial charge in [-0.15, -0.1) is 0 Å². The fraction of sp³-hybridized carbons (Fsp3) is 0.294. The predicted octanol–water partition coefficient (Wildman–Crippen LogP) is 1.92. The Labute approximate surface area is 133 Å². The summed E-state index contributed by atoms with van der Waals surface area (Å²) in [5.74, 6) is -1.27. The van der Waals surface area contributed by atoms with Crippen molar-refractivity contribution in [1.82, 2.24) is 14.9 Å². The van der Waals surface area contributed by atoms with E-state index in [1.54, 1.807) is 18.7 Å². The molecule has 6 heteroatoms. The Hall–Kier alpha value is -2.76. The van der Waals surface area contributed by atoms with Crippen LogP contribution in [0, 0.1) is 13.8 Å². The summed E-state index contributed by atoms with van der Waals surface area (Å²) in [6, 6.07) is 7.36. The zero-order chi connectivity index (χ0) is 16.6. The number of aromatic nitrogens is 2. The van der Waals surface area contributed by atoms with Crippen LogP contribution < -0.4 is 0 Å². The Morgan fingerprint density at radius 3 is 2.70 bits per heavy atom. The van der Waals surface area contributed by atoms with Gasteiger partial charge in [0.05, 0.1) is 17.2 Å². The quantitative estimate of drug-likeness (QED) is 0.916. The third-order valence-electron chi connectivity index (χ3n) is 4.11. The minimum Gasteiger partial charge on any atom is -0.481 e. The maximum Gasteiger partial charge on any atom is 0.312 e. The zero-order valence-corrected chi connectivity index (χ0v) is 13.0. The monoisotopic (exact) mass is 311 g/mol. The van der Waals surface area contributed by atoms with E-state index in [-0.39, 0.29) is 12.5 Å². The lowest BCUT2D eigenvalue weighted by Gasteiger charge is -2.33. The van der Waals surface area contributed by atoms with Crippen LogP contribution in [0.25, 0.3) is 0 Å². The Kier molecular flexibility index (Phi) is 3.82. The fourth-order valence-corrected chi connectivity index (χ4v) is 2.94. The smallest absolute Gasteiger partial charge is 0.312 e. The van der Waals surface area contributed by atoms with Crippen LogP contribution in [-0.4, -0.2) is 38.4 Å². The van der Waals surface area contributed by atoms with Gasteiger partial charge in [0.1, 0.15) is 5.82 Å². The van der Waals surface area contributed by atoms with Crippen molar-refractivity contribution in [3.8, 4) is 0 Å². The normalized spacial score (nSPS) is 16.8. The molecule has 1 aromatic carbocycles. The minimum absolute atomic E-state index is 0.151. The van der Waals surface area contributed by atoms with E-state index in [0.29, 0.717) is 23.6 Å². The Morgan fingerprint density at radius 1 is 1.26 bits per heavy atom. The number of carbonyl (C=O) groups excluding carboxylic acids is 1. The van der Waals surface area contributed by atoms with Crippen LogP contribution in [-0.2, 0) is 11.3 Å². The van der Waals surface area contributed by atoms with Gasteiger partial charge in [-0.05, 0) is 25.0 Å². The van der Waals surface area contributed by atoms with Crippen LogP contribution in [0.5, 0.6) is 0 Å². The molecule has 1 aliphatic rings. The first-order valence-electron chi connectivity index (χ1n) is 7.37. The number of hydrogen-bond acceptors (Lipinski definition) is 4. The second-order valence-electron chi connectivity index (χ2n) is 5.69. The van der Waals surface area contributed by atoms with Gasteiger partial charge in [0, 0.05) is 19.3 Å². The lowest BCUT2D eigenvalue weighted by atomic mass is 9.89. The van der Waals surface area contributed by atoms with Gasteiger partial charge in [-0.2, -0.15) is 0 Å². The lowest BCUT2D eigenvalue weighted by Crippen LogP contribution is -2.41. The number of aryl methyl sites for hydroxylation is 2. The molecular weight excluding hydrogens is 294 g/mol. The van der Waals surface area contributed by atoms with Crippen LogP contribution in [0.3, 0.4) is 0 Å². The third-order valence-corrected chi connectivity index (χ3v) is 4.11. The summed E-state index contributed by atoms with van der Waals surface area (Å²) in [6.07, 6.45) is 1.51. The number of benzene rings is 1. The average Bonchev–Trinajstić information content (AvgIpc) is 2.53. The van der Waals surface area contributed by atoms with E-state index in [2.05, 4.69) is 9.97 Å². The molecule has 1 aliphatic heterocycles. The predicted molar refractivity (Wildman–Crippen MR) is 83.1 cm³/mol. The summed E-state index contributed by atoms with van der Waals surface area (Å²) in [6.45, 7) is 4.07. The molecule has 2 aromatic rings. The number of carboxylic acids is 1. The molecule has 0 saturated heterocycles. The van der Waals surface area contributed by atoms with E-state index in [1.165, 1.54) is 6.20 Å². The van der Waals surface area contributed by atoms with Gasteiger partial charge in [0.25, 0.3) is 5.91 Å². The highest BCUT2D eigenvalue weighted by Crippen LogP contribution is 2.29. The van der Waals surface area contributed by atoms with Crippen LogP contribution in [0.4, 0.5) is 0 Å². The Morgan fingerprint density at radius 2 is 2.00 bits per heavy atom. The summed E-state index contributed by atoms with van der Waals surface area (Å²) in [4.78, 5) is 34.2. The van der Waals surface area contributed by atoms with Crippen LogP contribution in [0.15, 0.2) is 30.5 Å². The number of aliphatic carboxylic acids is 1. The van der Waals surface area contributed by atoms with E-state index in [0.717, 1.165) is 11.1 Å². The molecule has 0 aliphatic carbocycles. The van der Waals surface area contributed by atoms with Crippen LogP contribution in [0.1, 0.15) is 38.9 Å². The van der Waals surface area contributed by atoms with Crippen molar-refractivity contribution in [3.63, 3.8) is 0 Å². The molecule has 0 bridgehead atoms. The maximum absolute atomic E-state index is 12.8. The first-order chi connectivity index (χ1) is 11.0. The lowest BCUT2D eigenvalue weighted by molar-refractivity contribution is -0.139. The molecule has 1 atom stereocenters. The number of carbonyl (C=O) groups is 2. The minimum atomic E-state index is -0.924. The molecule has 6 nitrogen and oxygen atoms in total. The molecule has 118 valence electrons. The topological polar surface area (TPSA) is 83.4 Å². The fourth-order valence-electron chi connectivity index (χ4n) is 2.94. The first kappa shape index (κ1) is 15.1. The van der Waals surface area contributed by atoms with Crippen molar-refractivity contribution < 1.29 is 14.7 Å². The second-order valence-corrected chi connectivity index (χ2v) is 5.69. The van der Waals surface area contributed by atoms with Gasteiger partial charge in [-0.3, -0.25) is 9.59 Å². The van der Waals surface area contributed by atoms with E-state index < -0.39 is 11.9 Å². The van der Waals surface area contributed by atoms with Crippen molar-refractivity contribution in [2.45, 2.75) is 26.3 Å². The molecule has 2 heterocycles. The number of rotatable bonds is 2. The number of carboxylic acid groups (broad SMARTS) is 1. The summed E-state index contributed by atoms with van der Waals surface area (Å²) in [5, 5.41) is 9.48. The van der Waals surface area contributed by atoms with E-state index >= 15 is 0 Å². The number of nitrogens with zero attached hydrogens (tertiary/aromatic N) is 3. The highest BCUT2D eigenvalue weighted by molar-refractivity contribution is 5.95. The third kappa shape index (κ3) is 2.79. The zero-order valence-electron chi connectivity index (χ0n) is 13.0. The summed E-state index contributed by atoms with van der Waals surface area (Å²) >= 11 is 0. The van der Waals surface area contributed by atoms with Gasteiger partial charge in [-0.25, -0.2) is 9.97 Å². The van der Waals surface area contributed by atoms with Crippen molar-refractivity contribution in [2.24, 2.45) is 0 Å². The Balaban J connectivity index is 1.95. The maximum atomic E-state index is 12.8. The molecular formula is C17H17N3O3. The first-order valence-corrected chi connectivity index (χ1v) is 7.37. The molecule has 3 rings (SSSR count). The SMILES string of the molecule is Cc1ncc(C(=O)N2Cc3ccccc3C(C(=O)O)C2)c(C)n1. The highest BCUT2D eigenvalue weighted by atomic mass is 16.4. The number of amides is 1. The van der Waals surface area contributed by atoms with E-state index in [9.17, 15) is 14.7 Å². The summed E-state index contributed by atoms with van der Waals surface area (Å²) in [5.41, 5.74) is 2.67. The molecule has 1 unspecified atom stereocenters. The molecule has 1 amide bonds. The molecule has 23 heavy (non-hydrogen) atoms. The van der Waals surface area contributed by atoms with Gasteiger partial charge in [0.15, 0.2) is 0 Å². The summed E-state index contributed by atoms with van der Waals surface area (Å²) in [7, 11) is 0. The molecule has 1 aromatic heterocycles. The standard InChI is InChI=1S/C17H17N3O3/c1-10-14(7-18-11(2)19-10)16(21)20-8-12-5-3-4-6-13(12)15(9-20)17(22)23/h3-7,15H,8-9H2,1-2H3,(H,22,23). The molecule has 1 N–H and O–H groups in total. The average molecular weight is 311 g/mol. The van der Waals surface area contributed by atoms with Crippen LogP contribution in [0.2, 0.25) is 0 Å². The van der Waals surface area contributed by atoms with Crippen molar-refractivity contribution in [3.05, 3.63) is 58.7 Å². The van der Waals surface area contributed by atoms with Gasteiger partial charge >= 0.3 is 5.97 Å². The van der Waals surface area contributed by atoms with E-state index in [4.69, 9.17) is 0 Å². The largest absolute Gasteiger partial charge is 0.481 e. The van der Waals surface area contributed by atoms with Gasteiger partial charge in [-0.1, -0.05) is 24.3 Å². The van der Waals surface area contributed by atoms with Crippen molar-refractivity contribution in [1.29, 1.82) is 0 Å². The molecule has 0 spiro atoms. The van der Waals surface area contributed by atoms with Gasteiger partial charge < -0.3 is 10.0 Å². The van der Waals surface area contributed by atoms with Crippen LogP contribution >= 0.6 is 0 Å². The van der Waals surface area contributed by atoms with Crippen molar-refractivity contribution in [2.75, 3.05) is 6.54 Å². The molecule has 0 saturated carbocycles. The second kappa shape index (κ2) is 5.79. The number of fused-ring (bicyclic) bond motifs is 1. The molecule has 0 radical (unpaired) electrons. The highest BCUT2D eigenvalue weighted by Gasteiger charge is 2.33. The number of hydrogen-bond donors (Lipinski definition) is 1. The van der Waals surface area contributed by atoms with E-state index in [1.807, 2.05) is 24.3 Å².